The quantitative estimate of drug-likeness (QED) is 0.158. The van der Waals surface area contributed by atoms with Gasteiger partial charge < -0.3 is 37.1 Å². The molecule has 1 aliphatic rings. The Labute approximate surface area is 205 Å². The van der Waals surface area contributed by atoms with Crippen molar-refractivity contribution < 1.29 is 24.3 Å². The van der Waals surface area contributed by atoms with Crippen LogP contribution in [0.1, 0.15) is 58.1 Å². The summed E-state index contributed by atoms with van der Waals surface area (Å²) in [7, 11) is 0. The van der Waals surface area contributed by atoms with Gasteiger partial charge in [-0.2, -0.15) is 0 Å². The van der Waals surface area contributed by atoms with Crippen molar-refractivity contribution in [2.45, 2.75) is 83.0 Å². The summed E-state index contributed by atoms with van der Waals surface area (Å²) in [5, 5.41) is 20.7. The summed E-state index contributed by atoms with van der Waals surface area (Å²) >= 11 is 0. The minimum absolute atomic E-state index is 0.0826. The van der Waals surface area contributed by atoms with Crippen LogP contribution in [0.25, 0.3) is 0 Å². The Kier molecular flexibility index (Phi) is 11.6. The molecule has 1 aliphatic heterocycles. The van der Waals surface area contributed by atoms with Crippen molar-refractivity contribution >= 4 is 23.7 Å². The number of unbranched alkanes of at least 4 members (excludes halogenated alkanes) is 1. The highest BCUT2D eigenvalue weighted by Gasteiger charge is 2.32. The van der Waals surface area contributed by atoms with Gasteiger partial charge in [0.15, 0.2) is 0 Å². The number of carbonyl (C=O) groups excluding carboxylic acids is 3. The Bertz CT molecular complexity index is 824. The minimum Gasteiger partial charge on any atom is -0.480 e. The predicted molar refractivity (Wildman–Crippen MR) is 129 cm³/mol. The van der Waals surface area contributed by atoms with Gasteiger partial charge in [-0.1, -0.05) is 13.8 Å². The van der Waals surface area contributed by atoms with E-state index in [0.29, 0.717) is 37.9 Å². The van der Waals surface area contributed by atoms with Gasteiger partial charge in [0.1, 0.15) is 18.1 Å². The zero-order chi connectivity index (χ0) is 25.8. The van der Waals surface area contributed by atoms with E-state index in [2.05, 4.69) is 31.2 Å². The minimum atomic E-state index is -1.16. The molecule has 1 aromatic rings. The lowest BCUT2D eigenvalue weighted by atomic mass is 10.0. The van der Waals surface area contributed by atoms with Crippen LogP contribution in [-0.4, -0.2) is 76.0 Å². The molecular formula is C23H39N7O5. The average molecular weight is 494 g/mol. The van der Waals surface area contributed by atoms with Crippen LogP contribution < -0.4 is 27.0 Å². The number of H-pyrrole nitrogens is 1. The Hall–Kier alpha value is -2.99. The van der Waals surface area contributed by atoms with Crippen LogP contribution in [0, 0.1) is 5.92 Å². The molecule has 1 aromatic heterocycles. The van der Waals surface area contributed by atoms with Gasteiger partial charge in [-0.25, -0.2) is 9.78 Å². The summed E-state index contributed by atoms with van der Waals surface area (Å²) < 4.78 is 0. The molecule has 2 rings (SSSR count). The van der Waals surface area contributed by atoms with Crippen molar-refractivity contribution in [2.75, 3.05) is 13.1 Å². The number of carboxylic acids is 1. The molecule has 3 amide bonds. The molecule has 12 heteroatoms. The molecule has 196 valence electrons. The monoisotopic (exact) mass is 493 g/mol. The zero-order valence-corrected chi connectivity index (χ0v) is 20.5. The Balaban J connectivity index is 2.13. The third-order valence-electron chi connectivity index (χ3n) is 5.89. The SMILES string of the molecule is CC(C)CC(NC(=O)C1CCCN1)C(=O)NC(Cc1cnc[nH]1)C(=O)NC(CCCCN)C(=O)O. The molecule has 8 N–H and O–H groups in total. The van der Waals surface area contributed by atoms with Crippen LogP contribution in [0.5, 0.6) is 0 Å². The predicted octanol–water partition coefficient (Wildman–Crippen LogP) is -0.582. The second kappa shape index (κ2) is 14.4. The third-order valence-corrected chi connectivity index (χ3v) is 5.89. The molecule has 1 saturated heterocycles. The maximum atomic E-state index is 13.2. The van der Waals surface area contributed by atoms with Gasteiger partial charge in [0.2, 0.25) is 17.7 Å². The fraction of sp³-hybridized carbons (Fsp3) is 0.696. The Morgan fingerprint density at radius 1 is 1.11 bits per heavy atom. The first-order valence-electron chi connectivity index (χ1n) is 12.3. The highest BCUT2D eigenvalue weighted by atomic mass is 16.4. The molecule has 2 heterocycles. The van der Waals surface area contributed by atoms with Gasteiger partial charge in [-0.15, -0.1) is 0 Å². The third kappa shape index (κ3) is 9.65. The number of carbonyl (C=O) groups is 4. The number of carboxylic acid groups (broad SMARTS) is 1. The summed E-state index contributed by atoms with van der Waals surface area (Å²) in [6.45, 7) is 5.06. The van der Waals surface area contributed by atoms with E-state index in [1.807, 2.05) is 13.8 Å². The van der Waals surface area contributed by atoms with Gasteiger partial charge in [0.05, 0.1) is 12.4 Å². The second-order valence-corrected chi connectivity index (χ2v) is 9.37. The second-order valence-electron chi connectivity index (χ2n) is 9.37. The number of hydrogen-bond acceptors (Lipinski definition) is 7. The zero-order valence-electron chi connectivity index (χ0n) is 20.5. The van der Waals surface area contributed by atoms with Crippen molar-refractivity contribution in [1.29, 1.82) is 0 Å². The molecule has 0 radical (unpaired) electrons. The number of hydrogen-bond donors (Lipinski definition) is 7. The van der Waals surface area contributed by atoms with E-state index in [0.717, 1.165) is 13.0 Å². The van der Waals surface area contributed by atoms with Gasteiger partial charge in [-0.05, 0) is 57.5 Å². The lowest BCUT2D eigenvalue weighted by Crippen LogP contribution is -2.57. The number of rotatable bonds is 15. The summed E-state index contributed by atoms with van der Waals surface area (Å²) in [4.78, 5) is 57.4. The summed E-state index contributed by atoms with van der Waals surface area (Å²) in [5.41, 5.74) is 6.08. The van der Waals surface area contributed by atoms with Crippen LogP contribution in [-0.2, 0) is 25.6 Å². The normalized spacial score (nSPS) is 18.0. The molecule has 0 aliphatic carbocycles. The number of imidazole rings is 1. The lowest BCUT2D eigenvalue weighted by Gasteiger charge is -2.26. The number of aromatic nitrogens is 2. The number of aliphatic carboxylic acids is 1. The number of nitrogens with zero attached hydrogens (tertiary/aromatic N) is 1. The van der Waals surface area contributed by atoms with E-state index in [9.17, 15) is 24.3 Å². The number of nitrogens with two attached hydrogens (primary N) is 1. The highest BCUT2D eigenvalue weighted by Crippen LogP contribution is 2.10. The van der Waals surface area contributed by atoms with E-state index in [1.165, 1.54) is 12.5 Å². The summed E-state index contributed by atoms with van der Waals surface area (Å²) in [5.74, 6) is -2.42. The molecule has 0 aromatic carbocycles. The number of aromatic amines is 1. The first kappa shape index (κ1) is 28.2. The van der Waals surface area contributed by atoms with Crippen molar-refractivity contribution in [2.24, 2.45) is 11.7 Å². The van der Waals surface area contributed by atoms with Gasteiger partial charge in [-0.3, -0.25) is 14.4 Å². The molecule has 0 saturated carbocycles. The largest absolute Gasteiger partial charge is 0.480 e. The first-order valence-corrected chi connectivity index (χ1v) is 12.3. The van der Waals surface area contributed by atoms with Crippen LogP contribution >= 0.6 is 0 Å². The van der Waals surface area contributed by atoms with Crippen LogP contribution in [0.15, 0.2) is 12.5 Å². The van der Waals surface area contributed by atoms with Crippen molar-refractivity contribution in [3.05, 3.63) is 18.2 Å². The molecule has 0 spiro atoms. The maximum absolute atomic E-state index is 13.2. The van der Waals surface area contributed by atoms with Gasteiger partial charge >= 0.3 is 5.97 Å². The maximum Gasteiger partial charge on any atom is 0.326 e. The van der Waals surface area contributed by atoms with E-state index in [4.69, 9.17) is 5.73 Å². The molecule has 1 fully saturated rings. The van der Waals surface area contributed by atoms with E-state index in [-0.39, 0.29) is 30.7 Å². The van der Waals surface area contributed by atoms with E-state index < -0.39 is 35.9 Å². The molecule has 35 heavy (non-hydrogen) atoms. The fourth-order valence-electron chi connectivity index (χ4n) is 4.00. The summed E-state index contributed by atoms with van der Waals surface area (Å²) in [6, 6.07) is -3.33. The van der Waals surface area contributed by atoms with Crippen molar-refractivity contribution in [1.82, 2.24) is 31.2 Å². The number of amides is 3. The molecule has 4 atom stereocenters. The van der Waals surface area contributed by atoms with Crippen molar-refractivity contribution in [3.63, 3.8) is 0 Å². The Morgan fingerprint density at radius 2 is 1.83 bits per heavy atom. The fourth-order valence-corrected chi connectivity index (χ4v) is 4.00. The van der Waals surface area contributed by atoms with E-state index in [1.54, 1.807) is 0 Å². The molecule has 0 bridgehead atoms. The van der Waals surface area contributed by atoms with Crippen molar-refractivity contribution in [3.8, 4) is 0 Å². The first-order chi connectivity index (χ1) is 16.7. The van der Waals surface area contributed by atoms with Crippen LogP contribution in [0.4, 0.5) is 0 Å². The smallest absolute Gasteiger partial charge is 0.326 e. The lowest BCUT2D eigenvalue weighted by molar-refractivity contribution is -0.142. The van der Waals surface area contributed by atoms with Gasteiger partial charge in [0.25, 0.3) is 0 Å². The molecule has 4 unspecified atom stereocenters. The molecular weight excluding hydrogens is 454 g/mol. The topological polar surface area (TPSA) is 191 Å². The van der Waals surface area contributed by atoms with Crippen LogP contribution in [0.2, 0.25) is 0 Å². The highest BCUT2D eigenvalue weighted by molar-refractivity contribution is 5.94. The number of nitrogens with one attached hydrogen (secondary N) is 5. The molecule has 12 nitrogen and oxygen atoms in total. The van der Waals surface area contributed by atoms with E-state index >= 15 is 0 Å². The summed E-state index contributed by atoms with van der Waals surface area (Å²) in [6.07, 6.45) is 6.46. The van der Waals surface area contributed by atoms with Crippen LogP contribution in [0.3, 0.4) is 0 Å². The standard InChI is InChI=1S/C23H39N7O5/c1-14(2)10-18(29-20(31)16-7-5-9-26-16)21(32)30-19(11-15-12-25-13-27-15)22(33)28-17(23(34)35)6-3-4-8-24/h12-14,16-19,26H,3-11,24H2,1-2H3,(H,25,27)(H,28,33)(H,29,31)(H,30,32)(H,34,35). The Morgan fingerprint density at radius 3 is 2.40 bits per heavy atom. The average Bonchev–Trinajstić information content (AvgIpc) is 3.51. The van der Waals surface area contributed by atoms with Gasteiger partial charge in [0, 0.05) is 18.3 Å².